The Morgan fingerprint density at radius 3 is 2.63 bits per heavy atom. The average molecular weight is 253 g/mol. The first-order valence-corrected chi connectivity index (χ1v) is 6.13. The summed E-state index contributed by atoms with van der Waals surface area (Å²) in [7, 11) is 2.02. The molecule has 0 amide bonds. The molecule has 0 radical (unpaired) electrons. The molecular formula is C15H15N3O. The Balaban J connectivity index is 1.86. The van der Waals surface area contributed by atoms with Gasteiger partial charge in [0, 0.05) is 18.8 Å². The third-order valence-corrected chi connectivity index (χ3v) is 3.14. The van der Waals surface area contributed by atoms with Gasteiger partial charge in [-0.2, -0.15) is 0 Å². The van der Waals surface area contributed by atoms with Crippen molar-refractivity contribution >= 4 is 22.3 Å². The summed E-state index contributed by atoms with van der Waals surface area (Å²) in [5, 5.41) is 6.15. The zero-order valence-corrected chi connectivity index (χ0v) is 10.7. The zero-order valence-electron chi connectivity index (χ0n) is 10.7. The molecule has 0 unspecified atom stereocenters. The molecule has 0 aliphatic heterocycles. The van der Waals surface area contributed by atoms with Crippen molar-refractivity contribution in [2.45, 2.75) is 6.54 Å². The number of aromatic nitrogens is 1. The maximum absolute atomic E-state index is 5.54. The molecule has 4 heteroatoms. The summed E-state index contributed by atoms with van der Waals surface area (Å²) in [6, 6.07) is 16.4. The maximum atomic E-state index is 5.54. The van der Waals surface area contributed by atoms with Crippen LogP contribution in [0, 0.1) is 0 Å². The van der Waals surface area contributed by atoms with Crippen molar-refractivity contribution in [2.24, 2.45) is 0 Å². The molecule has 0 atom stereocenters. The topological polar surface area (TPSA) is 55.3 Å². The van der Waals surface area contributed by atoms with Crippen molar-refractivity contribution in [1.82, 2.24) is 5.16 Å². The van der Waals surface area contributed by atoms with Crippen LogP contribution in [0.25, 0.3) is 10.8 Å². The molecule has 2 N–H and O–H groups in total. The van der Waals surface area contributed by atoms with Crippen molar-refractivity contribution in [1.29, 1.82) is 0 Å². The van der Waals surface area contributed by atoms with Crippen molar-refractivity contribution in [3.8, 4) is 0 Å². The van der Waals surface area contributed by atoms with Gasteiger partial charge in [0.2, 0.25) is 0 Å². The van der Waals surface area contributed by atoms with E-state index in [-0.39, 0.29) is 0 Å². The van der Waals surface area contributed by atoms with E-state index in [1.54, 1.807) is 6.07 Å². The Hall–Kier alpha value is -2.49. The molecule has 0 bridgehead atoms. The molecule has 2 aromatic carbocycles. The first-order chi connectivity index (χ1) is 9.22. The SMILES string of the molecule is CN(Cc1cc(N)no1)c1ccc2ccccc2c1. The van der Waals surface area contributed by atoms with E-state index in [2.05, 4.69) is 40.4 Å². The summed E-state index contributed by atoms with van der Waals surface area (Å²) in [6.07, 6.45) is 0. The van der Waals surface area contributed by atoms with Gasteiger partial charge in [-0.05, 0) is 22.9 Å². The Labute approximate surface area is 111 Å². The molecule has 19 heavy (non-hydrogen) atoms. The molecule has 1 aromatic heterocycles. The third-order valence-electron chi connectivity index (χ3n) is 3.14. The summed E-state index contributed by atoms with van der Waals surface area (Å²) in [5.74, 6) is 1.18. The lowest BCUT2D eigenvalue weighted by atomic mass is 10.1. The van der Waals surface area contributed by atoms with Crippen LogP contribution in [0.2, 0.25) is 0 Å². The van der Waals surface area contributed by atoms with Crippen LogP contribution in [0.5, 0.6) is 0 Å². The number of nitrogens with zero attached hydrogens (tertiary/aromatic N) is 2. The average Bonchev–Trinajstić information content (AvgIpc) is 2.83. The fraction of sp³-hybridized carbons (Fsp3) is 0.133. The van der Waals surface area contributed by atoms with Gasteiger partial charge in [-0.25, -0.2) is 0 Å². The molecule has 4 nitrogen and oxygen atoms in total. The zero-order chi connectivity index (χ0) is 13.2. The van der Waals surface area contributed by atoms with Gasteiger partial charge in [0.1, 0.15) is 0 Å². The number of fused-ring (bicyclic) bond motifs is 1. The van der Waals surface area contributed by atoms with E-state index in [4.69, 9.17) is 10.3 Å². The molecule has 0 fully saturated rings. The van der Waals surface area contributed by atoms with Gasteiger partial charge in [0.05, 0.1) is 6.54 Å². The van der Waals surface area contributed by atoms with Gasteiger partial charge < -0.3 is 15.2 Å². The van der Waals surface area contributed by atoms with Gasteiger partial charge in [0.25, 0.3) is 0 Å². The van der Waals surface area contributed by atoms with Crippen LogP contribution < -0.4 is 10.6 Å². The van der Waals surface area contributed by atoms with E-state index in [1.807, 2.05) is 19.2 Å². The minimum atomic E-state index is 0.418. The molecule has 1 heterocycles. The van der Waals surface area contributed by atoms with Crippen LogP contribution in [-0.4, -0.2) is 12.2 Å². The highest BCUT2D eigenvalue weighted by Gasteiger charge is 2.07. The summed E-state index contributed by atoms with van der Waals surface area (Å²) < 4.78 is 5.13. The standard InChI is InChI=1S/C15H15N3O/c1-18(10-14-9-15(16)17-19-14)13-7-6-11-4-2-3-5-12(11)8-13/h2-9H,10H2,1H3,(H2,16,17). The monoisotopic (exact) mass is 253 g/mol. The minimum Gasteiger partial charge on any atom is -0.381 e. The number of hydrogen-bond donors (Lipinski definition) is 1. The minimum absolute atomic E-state index is 0.418. The first-order valence-electron chi connectivity index (χ1n) is 6.13. The fourth-order valence-electron chi connectivity index (χ4n) is 2.14. The van der Waals surface area contributed by atoms with E-state index < -0.39 is 0 Å². The number of anilines is 2. The maximum Gasteiger partial charge on any atom is 0.167 e. The van der Waals surface area contributed by atoms with Crippen LogP contribution in [0.1, 0.15) is 5.76 Å². The van der Waals surface area contributed by atoms with Crippen LogP contribution in [-0.2, 0) is 6.54 Å². The Bertz CT molecular complexity index is 705. The number of nitrogens with two attached hydrogens (primary N) is 1. The van der Waals surface area contributed by atoms with Crippen LogP contribution >= 0.6 is 0 Å². The molecule has 3 rings (SSSR count). The number of benzene rings is 2. The van der Waals surface area contributed by atoms with Crippen molar-refractivity contribution < 1.29 is 4.52 Å². The second-order valence-corrected chi connectivity index (χ2v) is 4.61. The van der Waals surface area contributed by atoms with E-state index in [9.17, 15) is 0 Å². The molecule has 0 spiro atoms. The van der Waals surface area contributed by atoms with Gasteiger partial charge in [0.15, 0.2) is 11.6 Å². The Kier molecular flexibility index (Phi) is 2.83. The van der Waals surface area contributed by atoms with Gasteiger partial charge in [-0.15, -0.1) is 0 Å². The fourth-order valence-corrected chi connectivity index (χ4v) is 2.14. The lowest BCUT2D eigenvalue weighted by Crippen LogP contribution is -2.15. The van der Waals surface area contributed by atoms with Crippen LogP contribution in [0.3, 0.4) is 0 Å². The largest absolute Gasteiger partial charge is 0.381 e. The number of rotatable bonds is 3. The lowest BCUT2D eigenvalue weighted by molar-refractivity contribution is 0.385. The van der Waals surface area contributed by atoms with Crippen molar-refractivity contribution in [3.05, 3.63) is 54.3 Å². The molecule has 96 valence electrons. The van der Waals surface area contributed by atoms with Crippen LogP contribution in [0.15, 0.2) is 53.1 Å². The lowest BCUT2D eigenvalue weighted by Gasteiger charge is -2.18. The van der Waals surface area contributed by atoms with Crippen molar-refractivity contribution in [3.63, 3.8) is 0 Å². The summed E-state index contributed by atoms with van der Waals surface area (Å²) in [5.41, 5.74) is 6.68. The second kappa shape index (κ2) is 4.65. The summed E-state index contributed by atoms with van der Waals surface area (Å²) in [6.45, 7) is 0.641. The highest BCUT2D eigenvalue weighted by Crippen LogP contribution is 2.22. The normalized spacial score (nSPS) is 10.8. The predicted octanol–water partition coefficient (Wildman–Crippen LogP) is 3.05. The highest BCUT2D eigenvalue weighted by molar-refractivity contribution is 5.85. The van der Waals surface area contributed by atoms with Crippen molar-refractivity contribution in [2.75, 3.05) is 17.7 Å². The summed E-state index contributed by atoms with van der Waals surface area (Å²) >= 11 is 0. The first kappa shape index (κ1) is 11.6. The molecule has 3 aromatic rings. The predicted molar refractivity (Wildman–Crippen MR) is 77.0 cm³/mol. The number of hydrogen-bond acceptors (Lipinski definition) is 4. The Morgan fingerprint density at radius 1 is 1.11 bits per heavy atom. The molecular weight excluding hydrogens is 238 g/mol. The van der Waals surface area contributed by atoms with E-state index in [0.29, 0.717) is 12.4 Å². The van der Waals surface area contributed by atoms with Gasteiger partial charge in [-0.3, -0.25) is 0 Å². The molecule has 0 saturated carbocycles. The van der Waals surface area contributed by atoms with Crippen LogP contribution in [0.4, 0.5) is 11.5 Å². The smallest absolute Gasteiger partial charge is 0.167 e. The quantitative estimate of drug-likeness (QED) is 0.779. The molecule has 0 aliphatic rings. The Morgan fingerprint density at radius 2 is 1.89 bits per heavy atom. The highest BCUT2D eigenvalue weighted by atomic mass is 16.5. The van der Waals surface area contributed by atoms with Gasteiger partial charge in [-0.1, -0.05) is 35.5 Å². The molecule has 0 aliphatic carbocycles. The molecule has 0 saturated heterocycles. The van der Waals surface area contributed by atoms with E-state index in [0.717, 1.165) is 11.4 Å². The van der Waals surface area contributed by atoms with E-state index >= 15 is 0 Å². The number of nitrogen functional groups attached to an aromatic ring is 1. The van der Waals surface area contributed by atoms with E-state index in [1.165, 1.54) is 10.8 Å². The van der Waals surface area contributed by atoms with Gasteiger partial charge >= 0.3 is 0 Å². The third kappa shape index (κ3) is 2.38. The summed E-state index contributed by atoms with van der Waals surface area (Å²) in [4.78, 5) is 2.10. The second-order valence-electron chi connectivity index (χ2n) is 4.61.